The maximum Gasteiger partial charge on any atom is 0.343 e. The summed E-state index contributed by atoms with van der Waals surface area (Å²) in [7, 11) is 0. The second kappa shape index (κ2) is 19.6. The van der Waals surface area contributed by atoms with Gasteiger partial charge in [0.05, 0.1) is 12.2 Å². The average molecular weight is 495 g/mol. The van der Waals surface area contributed by atoms with E-state index in [0.29, 0.717) is 23.5 Å². The van der Waals surface area contributed by atoms with Crippen molar-refractivity contribution in [3.8, 4) is 11.5 Å². The van der Waals surface area contributed by atoms with Crippen molar-refractivity contribution in [1.29, 1.82) is 0 Å². The summed E-state index contributed by atoms with van der Waals surface area (Å²) in [4.78, 5) is 22.9. The number of carbonyl (C=O) groups is 2. The molecule has 2 aromatic carbocycles. The zero-order valence-electron chi connectivity index (χ0n) is 22.3. The second-order valence-corrected chi connectivity index (χ2v) is 9.75. The largest absolute Gasteiger partial charge is 0.494 e. The Labute approximate surface area is 218 Å². The van der Waals surface area contributed by atoms with E-state index in [-0.39, 0.29) is 0 Å². The predicted molar refractivity (Wildman–Crippen MR) is 148 cm³/mol. The van der Waals surface area contributed by atoms with Crippen LogP contribution in [0.25, 0.3) is 0 Å². The molecule has 4 nitrogen and oxygen atoms in total. The summed E-state index contributed by atoms with van der Waals surface area (Å²) >= 11 is 0. The molecule has 0 aliphatic rings. The lowest BCUT2D eigenvalue weighted by Crippen LogP contribution is -2.08. The first-order valence-electron chi connectivity index (χ1n) is 14.2. The highest BCUT2D eigenvalue weighted by Crippen LogP contribution is 2.20. The Morgan fingerprint density at radius 1 is 0.611 bits per heavy atom. The molecule has 0 spiro atoms. The Balaban J connectivity index is 1.42. The molecule has 0 unspecified atom stereocenters. The van der Waals surface area contributed by atoms with Crippen LogP contribution in [-0.2, 0) is 0 Å². The van der Waals surface area contributed by atoms with Gasteiger partial charge in [-0.25, -0.2) is 4.79 Å². The van der Waals surface area contributed by atoms with Crippen molar-refractivity contribution in [2.24, 2.45) is 0 Å². The van der Waals surface area contributed by atoms with Crippen LogP contribution in [0, 0.1) is 0 Å². The van der Waals surface area contributed by atoms with E-state index in [0.717, 1.165) is 18.5 Å². The molecule has 0 heterocycles. The first-order valence-corrected chi connectivity index (χ1v) is 14.2. The molecule has 0 fully saturated rings. The molecule has 0 N–H and O–H groups in total. The maximum atomic E-state index is 12.2. The molecule has 0 aromatic heterocycles. The van der Waals surface area contributed by atoms with E-state index in [1.807, 2.05) is 12.1 Å². The van der Waals surface area contributed by atoms with Crippen LogP contribution in [0.3, 0.4) is 0 Å². The van der Waals surface area contributed by atoms with Gasteiger partial charge in [-0.3, -0.25) is 4.79 Å². The quantitative estimate of drug-likeness (QED) is 0.0750. The van der Waals surface area contributed by atoms with Crippen LogP contribution in [0.15, 0.2) is 48.5 Å². The number of unbranched alkanes of at least 4 members (excludes halogenated alkanes) is 15. The fraction of sp³-hybridized carbons (Fsp3) is 0.562. The SMILES string of the molecule is CCCCCCCCCCCCCCCCCCOc1ccc(OC(=O)c2ccc(C=O)cc2)cc1. The fourth-order valence-electron chi connectivity index (χ4n) is 4.31. The summed E-state index contributed by atoms with van der Waals surface area (Å²) in [5.41, 5.74) is 0.932. The fourth-order valence-corrected chi connectivity index (χ4v) is 4.31. The topological polar surface area (TPSA) is 52.6 Å². The number of aldehydes is 1. The molecule has 0 amide bonds. The molecule has 0 saturated carbocycles. The highest BCUT2D eigenvalue weighted by Gasteiger charge is 2.08. The Morgan fingerprint density at radius 2 is 1.06 bits per heavy atom. The maximum absolute atomic E-state index is 12.2. The Bertz CT molecular complexity index is 826. The van der Waals surface area contributed by atoms with Crippen LogP contribution in [0.1, 0.15) is 130 Å². The lowest BCUT2D eigenvalue weighted by atomic mass is 10.0. The van der Waals surface area contributed by atoms with Gasteiger partial charge in [-0.1, -0.05) is 115 Å². The summed E-state index contributed by atoms with van der Waals surface area (Å²) in [6, 6.07) is 13.5. The van der Waals surface area contributed by atoms with Crippen LogP contribution in [0.4, 0.5) is 0 Å². The average Bonchev–Trinajstić information content (AvgIpc) is 2.91. The molecule has 0 saturated heterocycles. The van der Waals surface area contributed by atoms with E-state index in [1.54, 1.807) is 36.4 Å². The van der Waals surface area contributed by atoms with Gasteiger partial charge in [0.1, 0.15) is 17.8 Å². The smallest absolute Gasteiger partial charge is 0.343 e. The third-order valence-corrected chi connectivity index (χ3v) is 6.58. The molecular formula is C32H46O4. The summed E-state index contributed by atoms with van der Waals surface area (Å²) in [6.45, 7) is 2.99. The molecule has 0 atom stereocenters. The van der Waals surface area contributed by atoms with E-state index in [1.165, 1.54) is 96.3 Å². The number of hydrogen-bond acceptors (Lipinski definition) is 4. The van der Waals surface area contributed by atoms with Crippen molar-refractivity contribution in [2.75, 3.05) is 6.61 Å². The van der Waals surface area contributed by atoms with E-state index in [2.05, 4.69) is 6.92 Å². The van der Waals surface area contributed by atoms with Crippen molar-refractivity contribution < 1.29 is 19.1 Å². The molecule has 0 aliphatic heterocycles. The molecule has 4 heteroatoms. The van der Waals surface area contributed by atoms with E-state index in [4.69, 9.17) is 9.47 Å². The summed E-state index contributed by atoms with van der Waals surface area (Å²) in [5, 5.41) is 0. The molecule has 0 aliphatic carbocycles. The number of benzene rings is 2. The summed E-state index contributed by atoms with van der Waals surface area (Å²) in [5.74, 6) is 0.801. The van der Waals surface area contributed by atoms with Crippen LogP contribution >= 0.6 is 0 Å². The highest BCUT2D eigenvalue weighted by molar-refractivity contribution is 5.91. The van der Waals surface area contributed by atoms with Gasteiger partial charge in [0, 0.05) is 5.56 Å². The molecule has 2 aromatic rings. The normalized spacial score (nSPS) is 10.8. The first-order chi connectivity index (χ1) is 17.7. The zero-order chi connectivity index (χ0) is 25.7. The van der Waals surface area contributed by atoms with Gasteiger partial charge in [-0.05, 0) is 42.8 Å². The molecule has 0 bridgehead atoms. The van der Waals surface area contributed by atoms with Crippen LogP contribution in [0.2, 0.25) is 0 Å². The van der Waals surface area contributed by atoms with Crippen molar-refractivity contribution in [3.63, 3.8) is 0 Å². The number of esters is 1. The van der Waals surface area contributed by atoms with Crippen LogP contribution in [0.5, 0.6) is 11.5 Å². The van der Waals surface area contributed by atoms with Gasteiger partial charge in [-0.15, -0.1) is 0 Å². The highest BCUT2D eigenvalue weighted by atomic mass is 16.5. The number of rotatable bonds is 21. The Kier molecular flexibility index (Phi) is 16.1. The Morgan fingerprint density at radius 3 is 1.53 bits per heavy atom. The molecule has 0 radical (unpaired) electrons. The third-order valence-electron chi connectivity index (χ3n) is 6.58. The van der Waals surface area contributed by atoms with Gasteiger partial charge in [0.15, 0.2) is 0 Å². The van der Waals surface area contributed by atoms with Crippen molar-refractivity contribution in [1.82, 2.24) is 0 Å². The number of hydrogen-bond donors (Lipinski definition) is 0. The minimum absolute atomic E-state index is 0.407. The van der Waals surface area contributed by atoms with E-state index >= 15 is 0 Å². The van der Waals surface area contributed by atoms with Gasteiger partial charge in [0.25, 0.3) is 0 Å². The van der Waals surface area contributed by atoms with E-state index in [9.17, 15) is 9.59 Å². The van der Waals surface area contributed by atoms with Gasteiger partial charge in [0.2, 0.25) is 0 Å². The van der Waals surface area contributed by atoms with Crippen molar-refractivity contribution in [3.05, 3.63) is 59.7 Å². The summed E-state index contributed by atoms with van der Waals surface area (Å²) < 4.78 is 11.2. The van der Waals surface area contributed by atoms with Crippen molar-refractivity contribution >= 4 is 12.3 Å². The summed E-state index contributed by atoms with van der Waals surface area (Å²) in [6.07, 6.45) is 22.5. The molecule has 2 rings (SSSR count). The van der Waals surface area contributed by atoms with Crippen LogP contribution < -0.4 is 9.47 Å². The van der Waals surface area contributed by atoms with Gasteiger partial charge in [-0.2, -0.15) is 0 Å². The number of carbonyl (C=O) groups excluding carboxylic acids is 2. The lowest BCUT2D eigenvalue weighted by Gasteiger charge is -2.08. The van der Waals surface area contributed by atoms with Gasteiger partial charge < -0.3 is 9.47 Å². The minimum Gasteiger partial charge on any atom is -0.494 e. The minimum atomic E-state index is -0.450. The number of ether oxygens (including phenoxy) is 2. The Hall–Kier alpha value is -2.62. The first kappa shape index (κ1) is 29.6. The van der Waals surface area contributed by atoms with Gasteiger partial charge >= 0.3 is 5.97 Å². The van der Waals surface area contributed by atoms with E-state index < -0.39 is 5.97 Å². The van der Waals surface area contributed by atoms with Crippen molar-refractivity contribution in [2.45, 2.75) is 110 Å². The molecular weight excluding hydrogens is 448 g/mol. The standard InChI is InChI=1S/C32H46O4/c1-2-3-4-5-6-7-8-9-10-11-12-13-14-15-16-17-26-35-30-22-24-31(25-23-30)36-32(34)29-20-18-28(27-33)19-21-29/h18-25,27H,2-17,26H2,1H3. The monoisotopic (exact) mass is 494 g/mol. The zero-order valence-corrected chi connectivity index (χ0v) is 22.3. The van der Waals surface area contributed by atoms with Crippen LogP contribution in [-0.4, -0.2) is 18.9 Å². The third kappa shape index (κ3) is 13.5. The molecule has 198 valence electrons. The molecule has 36 heavy (non-hydrogen) atoms. The lowest BCUT2D eigenvalue weighted by molar-refractivity contribution is 0.0734. The second-order valence-electron chi connectivity index (χ2n) is 9.75. The predicted octanol–water partition coefficient (Wildman–Crippen LogP) is 9.36.